The Kier molecular flexibility index (Phi) is 2.39. The molecule has 1 amide bonds. The molecule has 0 radical (unpaired) electrons. The van der Waals surface area contributed by atoms with E-state index in [1.807, 2.05) is 23.2 Å². The van der Waals surface area contributed by atoms with Gasteiger partial charge >= 0.3 is 0 Å². The Balaban J connectivity index is 2.40. The molecule has 10 heavy (non-hydrogen) atoms. The molecule has 0 aromatic rings. The molecule has 0 atom stereocenters. The Morgan fingerprint density at radius 3 is 2.60 bits per heavy atom. The van der Waals surface area contributed by atoms with Crippen molar-refractivity contribution in [2.45, 2.75) is 0 Å². The molecule has 0 spiro atoms. The molecule has 2 N–H and O–H groups in total. The van der Waals surface area contributed by atoms with Gasteiger partial charge < -0.3 is 10.6 Å². The Bertz CT molecular complexity index is 176. The lowest BCUT2D eigenvalue weighted by atomic mass is 10.5. The number of hydrogen-bond donors (Lipinski definition) is 1. The molecule has 1 aliphatic heterocycles. The zero-order chi connectivity index (χ0) is 7.40. The summed E-state index contributed by atoms with van der Waals surface area (Å²) in [5, 5.41) is 3.78. The van der Waals surface area contributed by atoms with Crippen LogP contribution >= 0.6 is 11.8 Å². The molecule has 4 heteroatoms. The molecular formula is C6H8N2OS. The van der Waals surface area contributed by atoms with Gasteiger partial charge in [0.25, 0.3) is 0 Å². The molecule has 0 aromatic heterocycles. The van der Waals surface area contributed by atoms with Crippen LogP contribution in [0.15, 0.2) is 23.2 Å². The average molecular weight is 156 g/mol. The van der Waals surface area contributed by atoms with E-state index < -0.39 is 0 Å². The minimum Gasteiger partial charge on any atom is -0.368 e. The summed E-state index contributed by atoms with van der Waals surface area (Å²) >= 11 is 1.57. The average Bonchev–Trinajstić information content (AvgIpc) is 1.88. The van der Waals surface area contributed by atoms with Crippen LogP contribution in [0.3, 0.4) is 0 Å². The van der Waals surface area contributed by atoms with E-state index in [9.17, 15) is 4.79 Å². The second-order valence-electron chi connectivity index (χ2n) is 1.85. The van der Waals surface area contributed by atoms with Crippen molar-refractivity contribution in [2.75, 3.05) is 6.54 Å². The second kappa shape index (κ2) is 3.31. The Labute approximate surface area is 63.6 Å². The number of carbonyl (C=O) groups excluding carboxylic acids is 1. The maximum absolute atomic E-state index is 10.4. The van der Waals surface area contributed by atoms with Gasteiger partial charge in [-0.3, -0.25) is 4.79 Å². The van der Waals surface area contributed by atoms with E-state index in [1.54, 1.807) is 16.7 Å². The highest BCUT2D eigenvalue weighted by Gasteiger charge is 2.00. The van der Waals surface area contributed by atoms with Crippen LogP contribution in [0.2, 0.25) is 0 Å². The Hall–Kier alpha value is -0.900. The van der Waals surface area contributed by atoms with E-state index in [0.717, 1.165) is 0 Å². The van der Waals surface area contributed by atoms with Crippen LogP contribution in [-0.4, -0.2) is 17.4 Å². The first-order chi connectivity index (χ1) is 4.79. The highest BCUT2D eigenvalue weighted by molar-refractivity contribution is 8.04. The van der Waals surface area contributed by atoms with Crippen LogP contribution in [-0.2, 0) is 4.79 Å². The summed E-state index contributed by atoms with van der Waals surface area (Å²) in [6.45, 7) is 0.257. The molecule has 1 heterocycles. The van der Waals surface area contributed by atoms with Gasteiger partial charge in [0.15, 0.2) is 0 Å². The molecule has 3 nitrogen and oxygen atoms in total. The summed E-state index contributed by atoms with van der Waals surface area (Å²) < 4.78 is 0. The van der Waals surface area contributed by atoms with E-state index in [-0.39, 0.29) is 12.5 Å². The fraction of sp³-hybridized carbons (Fsp3) is 0.167. The third-order valence-electron chi connectivity index (χ3n) is 1.00. The van der Waals surface area contributed by atoms with Crippen molar-refractivity contribution in [3.8, 4) is 0 Å². The standard InChI is InChI=1S/C6H8N2OS/c7-6(9)5-8-1-3-10-4-2-8/h1-4H,5H2,(H2,7,9). The zero-order valence-corrected chi connectivity index (χ0v) is 6.17. The van der Waals surface area contributed by atoms with Crippen molar-refractivity contribution < 1.29 is 4.79 Å². The molecule has 0 aliphatic carbocycles. The lowest BCUT2D eigenvalue weighted by Crippen LogP contribution is -2.26. The van der Waals surface area contributed by atoms with Gasteiger partial charge in [0.1, 0.15) is 6.54 Å². The van der Waals surface area contributed by atoms with Gasteiger partial charge in [0, 0.05) is 12.4 Å². The molecule has 0 bridgehead atoms. The molecule has 54 valence electrons. The van der Waals surface area contributed by atoms with E-state index in [1.165, 1.54) is 0 Å². The van der Waals surface area contributed by atoms with Crippen molar-refractivity contribution in [3.63, 3.8) is 0 Å². The molecule has 1 aliphatic rings. The highest BCUT2D eigenvalue weighted by Crippen LogP contribution is 2.11. The van der Waals surface area contributed by atoms with Crippen molar-refractivity contribution in [2.24, 2.45) is 5.73 Å². The number of amides is 1. The first-order valence-corrected chi connectivity index (χ1v) is 3.76. The summed E-state index contributed by atoms with van der Waals surface area (Å²) in [6.07, 6.45) is 3.63. The first-order valence-electron chi connectivity index (χ1n) is 2.82. The number of rotatable bonds is 2. The molecule has 0 aromatic carbocycles. The summed E-state index contributed by atoms with van der Waals surface area (Å²) in [4.78, 5) is 12.1. The molecule has 0 saturated heterocycles. The van der Waals surface area contributed by atoms with Crippen molar-refractivity contribution >= 4 is 17.7 Å². The summed E-state index contributed by atoms with van der Waals surface area (Å²) in [7, 11) is 0. The minimum absolute atomic E-state index is 0.257. The van der Waals surface area contributed by atoms with Gasteiger partial charge in [0.2, 0.25) is 5.91 Å². The van der Waals surface area contributed by atoms with Crippen molar-refractivity contribution in [3.05, 3.63) is 23.2 Å². The fourth-order valence-electron chi connectivity index (χ4n) is 0.607. The Morgan fingerprint density at radius 2 is 2.10 bits per heavy atom. The lowest BCUT2D eigenvalue weighted by molar-refractivity contribution is -0.118. The number of primary amides is 1. The molecule has 1 rings (SSSR count). The van der Waals surface area contributed by atoms with Gasteiger partial charge in [0.05, 0.1) is 0 Å². The minimum atomic E-state index is -0.318. The lowest BCUT2D eigenvalue weighted by Gasteiger charge is -2.14. The predicted molar refractivity (Wildman–Crippen MR) is 41.8 cm³/mol. The van der Waals surface area contributed by atoms with Gasteiger partial charge in [-0.2, -0.15) is 0 Å². The molecule has 0 saturated carbocycles. The van der Waals surface area contributed by atoms with Crippen LogP contribution in [0, 0.1) is 0 Å². The SMILES string of the molecule is NC(=O)CN1C=CSC=C1. The van der Waals surface area contributed by atoms with Crippen molar-refractivity contribution in [1.82, 2.24) is 4.90 Å². The van der Waals surface area contributed by atoms with E-state index in [4.69, 9.17) is 5.73 Å². The second-order valence-corrected chi connectivity index (χ2v) is 2.66. The summed E-state index contributed by atoms with van der Waals surface area (Å²) in [5.41, 5.74) is 4.97. The molecule has 0 unspecified atom stereocenters. The fourth-order valence-corrected chi connectivity index (χ4v) is 1.15. The van der Waals surface area contributed by atoms with E-state index in [0.29, 0.717) is 0 Å². The molecule has 0 fully saturated rings. The largest absolute Gasteiger partial charge is 0.368 e. The third kappa shape index (κ3) is 2.14. The highest BCUT2D eigenvalue weighted by atomic mass is 32.2. The van der Waals surface area contributed by atoms with Gasteiger partial charge in [-0.15, -0.1) is 11.8 Å². The molecular weight excluding hydrogens is 148 g/mol. The van der Waals surface area contributed by atoms with Crippen molar-refractivity contribution in [1.29, 1.82) is 0 Å². The smallest absolute Gasteiger partial charge is 0.237 e. The van der Waals surface area contributed by atoms with Gasteiger partial charge in [-0.1, -0.05) is 0 Å². The predicted octanol–water partition coefficient (Wildman–Crippen LogP) is 0.463. The monoisotopic (exact) mass is 156 g/mol. The summed E-state index contributed by atoms with van der Waals surface area (Å²) in [6, 6.07) is 0. The number of thioether (sulfide) groups is 1. The first kappa shape index (κ1) is 7.21. The van der Waals surface area contributed by atoms with Crippen LogP contribution in [0.25, 0.3) is 0 Å². The van der Waals surface area contributed by atoms with Crippen LogP contribution < -0.4 is 5.73 Å². The van der Waals surface area contributed by atoms with E-state index in [2.05, 4.69) is 0 Å². The Morgan fingerprint density at radius 1 is 1.50 bits per heavy atom. The number of hydrogen-bond acceptors (Lipinski definition) is 3. The number of nitrogens with zero attached hydrogens (tertiary/aromatic N) is 1. The van der Waals surface area contributed by atoms with E-state index >= 15 is 0 Å². The number of nitrogens with two attached hydrogens (primary N) is 1. The zero-order valence-electron chi connectivity index (χ0n) is 5.36. The quantitative estimate of drug-likeness (QED) is 0.632. The topological polar surface area (TPSA) is 46.3 Å². The van der Waals surface area contributed by atoms with Crippen LogP contribution in [0.4, 0.5) is 0 Å². The van der Waals surface area contributed by atoms with Crippen LogP contribution in [0.5, 0.6) is 0 Å². The van der Waals surface area contributed by atoms with Gasteiger partial charge in [-0.25, -0.2) is 0 Å². The number of carbonyl (C=O) groups is 1. The van der Waals surface area contributed by atoms with Gasteiger partial charge in [-0.05, 0) is 10.8 Å². The normalized spacial score (nSPS) is 15.8. The maximum atomic E-state index is 10.4. The van der Waals surface area contributed by atoms with Crippen LogP contribution in [0.1, 0.15) is 0 Å². The maximum Gasteiger partial charge on any atom is 0.237 e. The third-order valence-corrected chi connectivity index (χ3v) is 1.56. The summed E-state index contributed by atoms with van der Waals surface area (Å²) in [5.74, 6) is -0.318.